The summed E-state index contributed by atoms with van der Waals surface area (Å²) in [6, 6.07) is 0.146. The summed E-state index contributed by atoms with van der Waals surface area (Å²) in [6.45, 7) is 1.22. The van der Waals surface area contributed by atoms with Crippen molar-refractivity contribution in [1.82, 2.24) is 19.6 Å². The van der Waals surface area contributed by atoms with Gasteiger partial charge in [-0.1, -0.05) is 25.7 Å². The molecule has 1 heterocycles. The molecule has 1 aromatic rings. The maximum absolute atomic E-state index is 12.1. The van der Waals surface area contributed by atoms with Crippen molar-refractivity contribution in [2.45, 2.75) is 62.9 Å². The molecule has 1 aromatic heterocycles. The van der Waals surface area contributed by atoms with Crippen molar-refractivity contribution in [2.24, 2.45) is 7.05 Å². The second-order valence-electron chi connectivity index (χ2n) is 6.80. The largest absolute Gasteiger partial charge is 0.456 e. The van der Waals surface area contributed by atoms with Gasteiger partial charge >= 0.3 is 5.97 Å². The predicted molar refractivity (Wildman–Crippen MR) is 98.3 cm³/mol. The van der Waals surface area contributed by atoms with Crippen LogP contribution in [-0.4, -0.2) is 49.0 Å². The number of imidazole rings is 1. The number of carbonyl (C=O) groups excluding carboxylic acids is 2. The normalized spacial score (nSPS) is 15.9. The summed E-state index contributed by atoms with van der Waals surface area (Å²) in [5.41, 5.74) is 0. The summed E-state index contributed by atoms with van der Waals surface area (Å²) >= 11 is 0. The number of hydrogen-bond acceptors (Lipinski definition) is 6. The fraction of sp³-hybridized carbons (Fsp3) is 0.706. The maximum atomic E-state index is 12.1. The molecule has 0 aromatic carbocycles. The highest BCUT2D eigenvalue weighted by atomic mass is 32.2. The van der Waals surface area contributed by atoms with Crippen LogP contribution < -0.4 is 10.0 Å². The van der Waals surface area contributed by atoms with Crippen LogP contribution in [-0.2, 0) is 31.4 Å². The Morgan fingerprint density at radius 2 is 1.93 bits per heavy atom. The smallest absolute Gasteiger partial charge is 0.307 e. The molecule has 1 amide bonds. The van der Waals surface area contributed by atoms with E-state index in [4.69, 9.17) is 4.74 Å². The van der Waals surface area contributed by atoms with E-state index in [-0.39, 0.29) is 36.5 Å². The zero-order valence-corrected chi connectivity index (χ0v) is 16.7. The lowest BCUT2D eigenvalue weighted by Crippen LogP contribution is -2.37. The Kier molecular flexibility index (Phi) is 7.78. The van der Waals surface area contributed by atoms with Crippen LogP contribution in [0.2, 0.25) is 0 Å². The molecule has 0 atom stereocenters. The van der Waals surface area contributed by atoms with Crippen molar-refractivity contribution in [3.63, 3.8) is 0 Å². The minimum Gasteiger partial charge on any atom is -0.456 e. The average molecular weight is 401 g/mol. The van der Waals surface area contributed by atoms with E-state index >= 15 is 0 Å². The minimum absolute atomic E-state index is 0.0985. The first kappa shape index (κ1) is 21.4. The second-order valence-corrected chi connectivity index (χ2v) is 8.52. The van der Waals surface area contributed by atoms with Crippen LogP contribution in [0.4, 0.5) is 0 Å². The fourth-order valence-electron chi connectivity index (χ4n) is 2.93. The first-order chi connectivity index (χ1) is 12.8. The number of nitrogens with zero attached hydrogens (tertiary/aromatic N) is 2. The Labute approximate surface area is 159 Å². The van der Waals surface area contributed by atoms with Crippen molar-refractivity contribution in [3.8, 4) is 0 Å². The Hall–Kier alpha value is -1.94. The van der Waals surface area contributed by atoms with E-state index in [1.807, 2.05) is 0 Å². The molecule has 2 N–H and O–H groups in total. The van der Waals surface area contributed by atoms with E-state index in [1.165, 1.54) is 19.0 Å². The third-order valence-electron chi connectivity index (χ3n) is 4.57. The van der Waals surface area contributed by atoms with Gasteiger partial charge in [0.1, 0.15) is 5.82 Å². The van der Waals surface area contributed by atoms with Crippen molar-refractivity contribution in [1.29, 1.82) is 0 Å². The van der Waals surface area contributed by atoms with Gasteiger partial charge in [-0.15, -0.1) is 0 Å². The standard InChI is InChI=1S/C17H28N4O5S/c1-13-19-16(11-21(13)2)27(24,25)18-10-9-17(23)26-12-15(22)20-14-7-5-3-4-6-8-14/h11,14,18H,3-10,12H2,1-2H3,(H,20,22). The van der Waals surface area contributed by atoms with Gasteiger partial charge in [-0.2, -0.15) is 0 Å². The van der Waals surface area contributed by atoms with E-state index in [9.17, 15) is 18.0 Å². The molecule has 1 aliphatic rings. The third kappa shape index (κ3) is 6.94. The molecule has 9 nitrogen and oxygen atoms in total. The van der Waals surface area contributed by atoms with Crippen LogP contribution in [0, 0.1) is 6.92 Å². The highest BCUT2D eigenvalue weighted by Crippen LogP contribution is 2.17. The second kappa shape index (κ2) is 9.84. The summed E-state index contributed by atoms with van der Waals surface area (Å²) in [5, 5.41) is 2.79. The Balaban J connectivity index is 1.67. The molecular weight excluding hydrogens is 372 g/mol. The SMILES string of the molecule is Cc1nc(S(=O)(=O)NCCC(=O)OCC(=O)NC2CCCCCC2)cn1C. The van der Waals surface area contributed by atoms with Crippen LogP contribution >= 0.6 is 0 Å². The molecule has 10 heteroatoms. The maximum Gasteiger partial charge on any atom is 0.307 e. The lowest BCUT2D eigenvalue weighted by Gasteiger charge is -2.16. The zero-order chi connectivity index (χ0) is 19.9. The van der Waals surface area contributed by atoms with Gasteiger partial charge in [0.25, 0.3) is 15.9 Å². The molecule has 0 aliphatic heterocycles. The number of hydrogen-bond donors (Lipinski definition) is 2. The molecule has 0 bridgehead atoms. The van der Waals surface area contributed by atoms with Crippen LogP contribution in [0.5, 0.6) is 0 Å². The summed E-state index contributed by atoms with van der Waals surface area (Å²) in [4.78, 5) is 27.5. The molecule has 1 aliphatic carbocycles. The van der Waals surface area contributed by atoms with Gasteiger partial charge in [0.15, 0.2) is 11.6 Å². The van der Waals surface area contributed by atoms with E-state index < -0.39 is 16.0 Å². The van der Waals surface area contributed by atoms with Gasteiger partial charge in [0.05, 0.1) is 6.42 Å². The third-order valence-corrected chi connectivity index (χ3v) is 5.90. The Morgan fingerprint density at radius 3 is 2.52 bits per heavy atom. The Morgan fingerprint density at radius 1 is 1.26 bits per heavy atom. The quantitative estimate of drug-likeness (QED) is 0.492. The monoisotopic (exact) mass is 400 g/mol. The highest BCUT2D eigenvalue weighted by molar-refractivity contribution is 7.89. The predicted octanol–water partition coefficient (Wildman–Crippen LogP) is 0.779. The molecular formula is C17H28N4O5S. The van der Waals surface area contributed by atoms with Crippen molar-refractivity contribution >= 4 is 21.9 Å². The molecule has 1 fully saturated rings. The molecule has 27 heavy (non-hydrogen) atoms. The number of carbonyl (C=O) groups is 2. The number of aryl methyl sites for hydroxylation is 2. The molecule has 152 valence electrons. The summed E-state index contributed by atoms with van der Waals surface area (Å²) < 4.78 is 33.0. The van der Waals surface area contributed by atoms with Crippen molar-refractivity contribution < 1.29 is 22.7 Å². The number of ether oxygens (including phenoxy) is 1. The van der Waals surface area contributed by atoms with Crippen molar-refractivity contribution in [3.05, 3.63) is 12.0 Å². The first-order valence-corrected chi connectivity index (χ1v) is 10.7. The lowest BCUT2D eigenvalue weighted by atomic mass is 10.1. The average Bonchev–Trinajstić information content (AvgIpc) is 2.81. The zero-order valence-electron chi connectivity index (χ0n) is 15.9. The summed E-state index contributed by atoms with van der Waals surface area (Å²) in [6.07, 6.45) is 7.71. The number of nitrogens with one attached hydrogen (secondary N) is 2. The number of amides is 1. The number of esters is 1. The van der Waals surface area contributed by atoms with Gasteiger partial charge in [-0.05, 0) is 19.8 Å². The fourth-order valence-corrected chi connectivity index (χ4v) is 4.00. The first-order valence-electron chi connectivity index (χ1n) is 9.22. The molecule has 0 unspecified atom stereocenters. The lowest BCUT2D eigenvalue weighted by molar-refractivity contribution is -0.148. The van der Waals surface area contributed by atoms with Gasteiger partial charge in [0.2, 0.25) is 0 Å². The van der Waals surface area contributed by atoms with Crippen LogP contribution in [0.3, 0.4) is 0 Å². The van der Waals surface area contributed by atoms with E-state index in [1.54, 1.807) is 18.5 Å². The number of aromatic nitrogens is 2. The summed E-state index contributed by atoms with van der Waals surface area (Å²) in [5.74, 6) is -0.389. The minimum atomic E-state index is -3.78. The highest BCUT2D eigenvalue weighted by Gasteiger charge is 2.19. The van der Waals surface area contributed by atoms with Crippen molar-refractivity contribution in [2.75, 3.05) is 13.2 Å². The van der Waals surface area contributed by atoms with Gasteiger partial charge < -0.3 is 14.6 Å². The van der Waals surface area contributed by atoms with E-state index in [0.29, 0.717) is 5.82 Å². The number of rotatable bonds is 8. The van der Waals surface area contributed by atoms with Crippen LogP contribution in [0.1, 0.15) is 50.8 Å². The summed E-state index contributed by atoms with van der Waals surface area (Å²) in [7, 11) is -2.09. The Bertz CT molecular complexity index is 732. The molecule has 0 spiro atoms. The molecule has 1 saturated carbocycles. The van der Waals surface area contributed by atoms with Crippen LogP contribution in [0.25, 0.3) is 0 Å². The van der Waals surface area contributed by atoms with Gasteiger partial charge in [0, 0.05) is 25.8 Å². The van der Waals surface area contributed by atoms with E-state index in [0.717, 1.165) is 25.7 Å². The van der Waals surface area contributed by atoms with Gasteiger partial charge in [-0.3, -0.25) is 9.59 Å². The molecule has 2 rings (SSSR count). The number of sulfonamides is 1. The van der Waals surface area contributed by atoms with Crippen LogP contribution in [0.15, 0.2) is 11.2 Å². The van der Waals surface area contributed by atoms with Gasteiger partial charge in [-0.25, -0.2) is 18.1 Å². The topological polar surface area (TPSA) is 119 Å². The molecule has 0 saturated heterocycles. The molecule has 0 radical (unpaired) electrons. The van der Waals surface area contributed by atoms with E-state index in [2.05, 4.69) is 15.0 Å².